The van der Waals surface area contributed by atoms with Gasteiger partial charge in [0.25, 0.3) is 0 Å². The van der Waals surface area contributed by atoms with Crippen LogP contribution in [0.3, 0.4) is 0 Å². The Morgan fingerprint density at radius 3 is 2.46 bits per heavy atom. The predicted octanol–water partition coefficient (Wildman–Crippen LogP) is 4.08. The highest BCUT2D eigenvalue weighted by Crippen LogP contribution is 2.29. The molecule has 0 unspecified atom stereocenters. The number of hydrazine groups is 1. The molecule has 1 saturated heterocycles. The van der Waals surface area contributed by atoms with Gasteiger partial charge in [0.05, 0.1) is 6.54 Å². The standard InChI is InChI=1S/C10H14N2.C8H14N2O.C3H8/c1-9-4-5-11-10(8-9)12-6-2-3-7-12;1-2-5-10(9)6-8(11)7-3-4-7;1-3-2/h4-5,8H,2-3,6-7H2,1H3;2,5,7H,3-4,6,9H2,1H3;3H2,1-2H3/b;5-2-;. The molecule has 0 amide bonds. The number of rotatable bonds is 5. The van der Waals surface area contributed by atoms with E-state index in [1.54, 1.807) is 6.20 Å². The summed E-state index contributed by atoms with van der Waals surface area (Å²) in [6.07, 6.45) is 11.4. The van der Waals surface area contributed by atoms with Gasteiger partial charge in [0, 0.05) is 31.4 Å². The van der Waals surface area contributed by atoms with Crippen molar-refractivity contribution in [3.8, 4) is 0 Å². The Hall–Kier alpha value is -1.88. The quantitative estimate of drug-likeness (QED) is 0.633. The summed E-state index contributed by atoms with van der Waals surface area (Å²) in [4.78, 5) is 17.8. The van der Waals surface area contributed by atoms with Crippen molar-refractivity contribution in [2.24, 2.45) is 11.8 Å². The van der Waals surface area contributed by atoms with E-state index in [1.165, 1.54) is 42.9 Å². The number of allylic oxidation sites excluding steroid dienone is 1. The highest BCUT2D eigenvalue weighted by atomic mass is 16.1. The molecule has 146 valence electrons. The van der Waals surface area contributed by atoms with Crippen molar-refractivity contribution in [3.63, 3.8) is 0 Å². The van der Waals surface area contributed by atoms with Gasteiger partial charge in [-0.3, -0.25) is 4.79 Å². The molecular weight excluding hydrogens is 324 g/mol. The number of carbonyl (C=O) groups is 1. The van der Waals surface area contributed by atoms with E-state index in [-0.39, 0.29) is 5.78 Å². The van der Waals surface area contributed by atoms with E-state index in [1.807, 2.05) is 25.3 Å². The molecule has 3 rings (SSSR count). The van der Waals surface area contributed by atoms with Crippen molar-refractivity contribution >= 4 is 11.6 Å². The SMILES string of the molecule is C/C=C\N(N)CC(=O)C1CC1.CCC.Cc1ccnc(N2CCCC2)c1. The molecule has 1 aliphatic carbocycles. The van der Waals surface area contributed by atoms with Crippen LogP contribution in [-0.2, 0) is 4.79 Å². The van der Waals surface area contributed by atoms with Gasteiger partial charge in [0.2, 0.25) is 0 Å². The molecular formula is C21H36N4O. The summed E-state index contributed by atoms with van der Waals surface area (Å²) in [5, 5.41) is 1.43. The lowest BCUT2D eigenvalue weighted by molar-refractivity contribution is -0.120. The molecule has 0 atom stereocenters. The first-order valence-corrected chi connectivity index (χ1v) is 9.86. The van der Waals surface area contributed by atoms with Gasteiger partial charge in [-0.1, -0.05) is 26.3 Å². The Bertz CT molecular complexity index is 549. The van der Waals surface area contributed by atoms with Crippen LogP contribution in [0.1, 0.15) is 58.4 Å². The normalized spacial score (nSPS) is 15.8. The van der Waals surface area contributed by atoms with E-state index in [4.69, 9.17) is 5.84 Å². The number of Topliss-reactive ketones (excluding diaryl/α,β-unsaturated/α-hetero) is 1. The van der Waals surface area contributed by atoms with Gasteiger partial charge in [-0.25, -0.2) is 10.8 Å². The molecule has 1 aromatic heterocycles. The van der Waals surface area contributed by atoms with Crippen LogP contribution in [0.25, 0.3) is 0 Å². The lowest BCUT2D eigenvalue weighted by Gasteiger charge is -2.15. The maximum Gasteiger partial charge on any atom is 0.156 e. The minimum Gasteiger partial charge on any atom is -0.357 e. The van der Waals surface area contributed by atoms with E-state index in [0.717, 1.165) is 18.7 Å². The predicted molar refractivity (Wildman–Crippen MR) is 110 cm³/mol. The van der Waals surface area contributed by atoms with Crippen LogP contribution in [0.15, 0.2) is 30.6 Å². The third-order valence-electron chi connectivity index (χ3n) is 4.04. The molecule has 2 fully saturated rings. The van der Waals surface area contributed by atoms with Crippen LogP contribution < -0.4 is 10.7 Å². The molecule has 0 aromatic carbocycles. The first kappa shape index (κ1) is 22.2. The molecule has 1 aromatic rings. The summed E-state index contributed by atoms with van der Waals surface area (Å²) in [6, 6.07) is 4.20. The molecule has 1 saturated carbocycles. The molecule has 1 aliphatic heterocycles. The second-order valence-electron chi connectivity index (χ2n) is 6.99. The number of nitrogens with two attached hydrogens (primary N) is 1. The first-order chi connectivity index (χ1) is 12.5. The zero-order valence-electron chi connectivity index (χ0n) is 16.9. The number of aryl methyl sites for hydroxylation is 1. The van der Waals surface area contributed by atoms with Crippen molar-refractivity contribution in [3.05, 3.63) is 36.2 Å². The van der Waals surface area contributed by atoms with Crippen LogP contribution in [0.4, 0.5) is 5.82 Å². The number of nitrogens with zero attached hydrogens (tertiary/aromatic N) is 3. The Morgan fingerprint density at radius 2 is 1.96 bits per heavy atom. The Morgan fingerprint density at radius 1 is 1.35 bits per heavy atom. The van der Waals surface area contributed by atoms with Crippen molar-refractivity contribution in [1.82, 2.24) is 9.99 Å². The largest absolute Gasteiger partial charge is 0.357 e. The third kappa shape index (κ3) is 8.99. The fraction of sp³-hybridized carbons (Fsp3) is 0.619. The monoisotopic (exact) mass is 360 g/mol. The summed E-state index contributed by atoms with van der Waals surface area (Å²) in [6.45, 7) is 10.9. The maximum atomic E-state index is 11.1. The van der Waals surface area contributed by atoms with Crippen molar-refractivity contribution in [2.45, 2.75) is 59.8 Å². The summed E-state index contributed by atoms with van der Waals surface area (Å²) < 4.78 is 0. The summed E-state index contributed by atoms with van der Waals surface area (Å²) in [5.41, 5.74) is 1.30. The third-order valence-corrected chi connectivity index (χ3v) is 4.04. The summed E-state index contributed by atoms with van der Waals surface area (Å²) in [5.74, 6) is 7.20. The number of anilines is 1. The number of pyridine rings is 1. The highest BCUT2D eigenvalue weighted by Gasteiger charge is 2.29. The highest BCUT2D eigenvalue weighted by molar-refractivity contribution is 5.85. The second-order valence-corrected chi connectivity index (χ2v) is 6.99. The minimum atomic E-state index is 0.269. The number of hydrogen-bond acceptors (Lipinski definition) is 5. The fourth-order valence-corrected chi connectivity index (χ4v) is 2.60. The topological polar surface area (TPSA) is 62.5 Å². The zero-order chi connectivity index (χ0) is 19.4. The first-order valence-electron chi connectivity index (χ1n) is 9.86. The molecule has 2 N–H and O–H groups in total. The van der Waals surface area contributed by atoms with Crippen molar-refractivity contribution in [1.29, 1.82) is 0 Å². The van der Waals surface area contributed by atoms with Gasteiger partial charge in [-0.15, -0.1) is 0 Å². The molecule has 0 radical (unpaired) electrons. The zero-order valence-corrected chi connectivity index (χ0v) is 16.9. The molecule has 2 aliphatic rings. The van der Waals surface area contributed by atoms with Crippen LogP contribution in [0.2, 0.25) is 0 Å². The summed E-state index contributed by atoms with van der Waals surface area (Å²) in [7, 11) is 0. The van der Waals surface area contributed by atoms with Crippen LogP contribution in [0, 0.1) is 12.8 Å². The fourth-order valence-electron chi connectivity index (χ4n) is 2.60. The van der Waals surface area contributed by atoms with Crippen molar-refractivity contribution < 1.29 is 4.79 Å². The van der Waals surface area contributed by atoms with Gasteiger partial charge in [-0.05, 0) is 57.2 Å². The van der Waals surface area contributed by atoms with E-state index >= 15 is 0 Å². The smallest absolute Gasteiger partial charge is 0.156 e. The van der Waals surface area contributed by atoms with Gasteiger partial charge in [0.1, 0.15) is 5.82 Å². The average molecular weight is 361 g/mol. The van der Waals surface area contributed by atoms with Gasteiger partial charge in [-0.2, -0.15) is 0 Å². The van der Waals surface area contributed by atoms with Gasteiger partial charge >= 0.3 is 0 Å². The molecule has 0 spiro atoms. The van der Waals surface area contributed by atoms with Gasteiger partial charge in [0.15, 0.2) is 5.78 Å². The molecule has 2 heterocycles. The van der Waals surface area contributed by atoms with Crippen LogP contribution in [-0.4, -0.2) is 35.4 Å². The molecule has 0 bridgehead atoms. The van der Waals surface area contributed by atoms with Crippen molar-refractivity contribution in [2.75, 3.05) is 24.5 Å². The van der Waals surface area contributed by atoms with Crippen LogP contribution >= 0.6 is 0 Å². The van der Waals surface area contributed by atoms with E-state index in [0.29, 0.717) is 12.5 Å². The lowest BCUT2D eigenvalue weighted by Crippen LogP contribution is -2.31. The van der Waals surface area contributed by atoms with Gasteiger partial charge < -0.3 is 9.91 Å². The Kier molecular flexibility index (Phi) is 10.6. The van der Waals surface area contributed by atoms with Crippen LogP contribution in [0.5, 0.6) is 0 Å². The number of ketones is 1. The number of hydrogen-bond donors (Lipinski definition) is 1. The molecule has 5 nitrogen and oxygen atoms in total. The van der Waals surface area contributed by atoms with E-state index in [9.17, 15) is 4.79 Å². The average Bonchev–Trinajstić information content (AvgIpc) is 3.31. The minimum absolute atomic E-state index is 0.269. The summed E-state index contributed by atoms with van der Waals surface area (Å²) >= 11 is 0. The maximum absolute atomic E-state index is 11.1. The van der Waals surface area contributed by atoms with E-state index in [2.05, 4.69) is 36.7 Å². The number of aromatic nitrogens is 1. The molecule has 26 heavy (non-hydrogen) atoms. The Labute approximate surface area is 159 Å². The lowest BCUT2D eigenvalue weighted by atomic mass is 10.2. The molecule has 5 heteroatoms. The van der Waals surface area contributed by atoms with E-state index < -0.39 is 0 Å². The second kappa shape index (κ2) is 12.5. The Balaban J connectivity index is 0.000000227. The number of carbonyl (C=O) groups excluding carboxylic acids is 1.